The molecule has 0 N–H and O–H groups in total. The number of imidazole rings is 1. The minimum Gasteiger partial charge on any atom is -0.230 e. The number of fused-ring (bicyclic) bond motifs is 1. The maximum atomic E-state index is 2.31. The summed E-state index contributed by atoms with van der Waals surface area (Å²) in [6.45, 7) is 2.16. The summed E-state index contributed by atoms with van der Waals surface area (Å²) in [6, 6.07) is 27.8. The second-order valence-electron chi connectivity index (χ2n) is 5.84. The van der Waals surface area contributed by atoms with Gasteiger partial charge in [-0.25, -0.2) is 4.57 Å². The molecular formula is C21H19N2+. The first kappa shape index (κ1) is 13.8. The van der Waals surface area contributed by atoms with Gasteiger partial charge < -0.3 is 0 Å². The number of nitrogens with zero attached hydrogens (tertiary/aromatic N) is 2. The van der Waals surface area contributed by atoms with Gasteiger partial charge in [-0.2, -0.15) is 4.57 Å². The average Bonchev–Trinajstić information content (AvgIpc) is 2.87. The van der Waals surface area contributed by atoms with E-state index in [1.807, 2.05) is 6.07 Å². The number of benzene rings is 3. The Balaban J connectivity index is 1.85. The van der Waals surface area contributed by atoms with Crippen molar-refractivity contribution >= 4 is 11.0 Å². The summed E-state index contributed by atoms with van der Waals surface area (Å²) in [5, 5.41) is 0. The van der Waals surface area contributed by atoms with Crippen LogP contribution in [0.15, 0.2) is 78.9 Å². The fraction of sp³-hybridized carbons (Fsp3) is 0.0952. The molecule has 0 aliphatic rings. The smallest absolute Gasteiger partial charge is 0.230 e. The summed E-state index contributed by atoms with van der Waals surface area (Å²) in [4.78, 5) is 0. The van der Waals surface area contributed by atoms with Crippen molar-refractivity contribution in [2.24, 2.45) is 7.05 Å². The van der Waals surface area contributed by atoms with Crippen molar-refractivity contribution in [3.8, 4) is 16.8 Å². The molecule has 112 valence electrons. The predicted molar refractivity (Wildman–Crippen MR) is 94.6 cm³/mol. The van der Waals surface area contributed by atoms with Crippen LogP contribution in [0, 0.1) is 6.92 Å². The average molecular weight is 299 g/mol. The van der Waals surface area contributed by atoms with Crippen LogP contribution in [0.4, 0.5) is 0 Å². The lowest BCUT2D eigenvalue weighted by molar-refractivity contribution is -0.652. The molecule has 0 spiro atoms. The standard InChI is InChI=1S/C21H19N2/c1-16-22(2)20-10-6-7-11-21(20)23(16)19-14-12-18(13-15-19)17-8-4-3-5-9-17/h3-15H,1-2H3/q+1. The molecule has 0 saturated heterocycles. The number of aryl methyl sites for hydroxylation is 1. The third-order valence-electron chi connectivity index (χ3n) is 4.53. The molecule has 2 nitrogen and oxygen atoms in total. The molecule has 2 heteroatoms. The molecule has 4 rings (SSSR count). The molecule has 0 bridgehead atoms. The van der Waals surface area contributed by atoms with Crippen LogP contribution in [-0.2, 0) is 7.05 Å². The summed E-state index contributed by atoms with van der Waals surface area (Å²) in [5.74, 6) is 1.22. The first-order chi connectivity index (χ1) is 11.3. The van der Waals surface area contributed by atoms with Crippen LogP contribution in [0.3, 0.4) is 0 Å². The topological polar surface area (TPSA) is 8.81 Å². The van der Waals surface area contributed by atoms with E-state index in [1.165, 1.54) is 33.7 Å². The van der Waals surface area contributed by atoms with Crippen LogP contribution in [0.5, 0.6) is 0 Å². The van der Waals surface area contributed by atoms with Gasteiger partial charge >= 0.3 is 0 Å². The zero-order valence-electron chi connectivity index (χ0n) is 13.4. The highest BCUT2D eigenvalue weighted by Gasteiger charge is 2.19. The van der Waals surface area contributed by atoms with E-state index in [1.54, 1.807) is 0 Å². The van der Waals surface area contributed by atoms with Gasteiger partial charge in [0.1, 0.15) is 5.69 Å². The van der Waals surface area contributed by atoms with Crippen molar-refractivity contribution in [2.75, 3.05) is 0 Å². The van der Waals surface area contributed by atoms with Gasteiger partial charge in [-0.05, 0) is 35.4 Å². The molecular weight excluding hydrogens is 280 g/mol. The van der Waals surface area contributed by atoms with Crippen LogP contribution in [0.1, 0.15) is 5.82 Å². The third-order valence-corrected chi connectivity index (χ3v) is 4.53. The SMILES string of the molecule is Cc1n(-c2ccc(-c3ccccc3)cc2)c2ccccc2[n+]1C. The van der Waals surface area contributed by atoms with Crippen molar-refractivity contribution in [1.29, 1.82) is 0 Å². The van der Waals surface area contributed by atoms with Crippen LogP contribution in [0.2, 0.25) is 0 Å². The molecule has 0 aliphatic heterocycles. The number of aromatic nitrogens is 2. The molecule has 0 saturated carbocycles. The van der Waals surface area contributed by atoms with E-state index in [0.29, 0.717) is 0 Å². The van der Waals surface area contributed by atoms with Crippen LogP contribution in [0.25, 0.3) is 27.8 Å². The zero-order chi connectivity index (χ0) is 15.8. The lowest BCUT2D eigenvalue weighted by atomic mass is 10.1. The zero-order valence-corrected chi connectivity index (χ0v) is 13.4. The normalized spacial score (nSPS) is 11.0. The first-order valence-electron chi connectivity index (χ1n) is 7.87. The molecule has 0 amide bonds. The molecule has 0 atom stereocenters. The quantitative estimate of drug-likeness (QED) is 0.484. The summed E-state index contributed by atoms with van der Waals surface area (Å²) in [5.41, 5.74) is 6.17. The molecule has 4 aromatic rings. The Morgan fingerprint density at radius 3 is 2.04 bits per heavy atom. The Hall–Kier alpha value is -2.87. The third kappa shape index (κ3) is 2.23. The highest BCUT2D eigenvalue weighted by Crippen LogP contribution is 2.23. The van der Waals surface area contributed by atoms with E-state index < -0.39 is 0 Å². The maximum Gasteiger partial charge on any atom is 0.259 e. The second-order valence-corrected chi connectivity index (χ2v) is 5.84. The first-order valence-corrected chi connectivity index (χ1v) is 7.87. The van der Waals surface area contributed by atoms with Gasteiger partial charge in [-0.15, -0.1) is 0 Å². The molecule has 0 unspecified atom stereocenters. The van der Waals surface area contributed by atoms with Gasteiger partial charge in [0.15, 0.2) is 11.0 Å². The van der Waals surface area contributed by atoms with Gasteiger partial charge in [-0.3, -0.25) is 0 Å². The molecule has 1 aromatic heterocycles. The molecule has 3 aromatic carbocycles. The monoisotopic (exact) mass is 299 g/mol. The van der Waals surface area contributed by atoms with Crippen molar-refractivity contribution in [3.63, 3.8) is 0 Å². The number of hydrogen-bond acceptors (Lipinski definition) is 0. The van der Waals surface area contributed by atoms with E-state index in [2.05, 4.69) is 95.9 Å². The van der Waals surface area contributed by atoms with Crippen molar-refractivity contribution in [3.05, 3.63) is 84.7 Å². The molecule has 0 radical (unpaired) electrons. The molecule has 0 fully saturated rings. The van der Waals surface area contributed by atoms with E-state index in [9.17, 15) is 0 Å². The Labute approximate surface area is 136 Å². The van der Waals surface area contributed by atoms with Gasteiger partial charge in [0.2, 0.25) is 0 Å². The summed E-state index contributed by atoms with van der Waals surface area (Å²) >= 11 is 0. The Morgan fingerprint density at radius 1 is 0.696 bits per heavy atom. The fourth-order valence-electron chi connectivity index (χ4n) is 3.19. The Morgan fingerprint density at radius 2 is 1.30 bits per heavy atom. The second kappa shape index (κ2) is 5.40. The summed E-state index contributed by atoms with van der Waals surface area (Å²) < 4.78 is 4.55. The summed E-state index contributed by atoms with van der Waals surface area (Å²) in [7, 11) is 2.12. The van der Waals surface area contributed by atoms with Crippen molar-refractivity contribution < 1.29 is 4.57 Å². The number of hydrogen-bond donors (Lipinski definition) is 0. The van der Waals surface area contributed by atoms with Gasteiger partial charge in [0.25, 0.3) is 5.82 Å². The molecule has 1 heterocycles. The highest BCUT2D eigenvalue weighted by molar-refractivity contribution is 5.75. The van der Waals surface area contributed by atoms with Gasteiger partial charge in [0.05, 0.1) is 7.05 Å². The van der Waals surface area contributed by atoms with E-state index >= 15 is 0 Å². The van der Waals surface area contributed by atoms with Crippen molar-refractivity contribution in [1.82, 2.24) is 4.57 Å². The highest BCUT2D eigenvalue weighted by atomic mass is 15.2. The van der Waals surface area contributed by atoms with E-state index in [-0.39, 0.29) is 0 Å². The molecule has 23 heavy (non-hydrogen) atoms. The Kier molecular flexibility index (Phi) is 3.23. The largest absolute Gasteiger partial charge is 0.259 e. The lowest BCUT2D eigenvalue weighted by Crippen LogP contribution is -2.30. The van der Waals surface area contributed by atoms with Gasteiger partial charge in [-0.1, -0.05) is 54.6 Å². The maximum absolute atomic E-state index is 2.31. The van der Waals surface area contributed by atoms with E-state index in [4.69, 9.17) is 0 Å². The van der Waals surface area contributed by atoms with Crippen LogP contribution >= 0.6 is 0 Å². The van der Waals surface area contributed by atoms with Crippen molar-refractivity contribution in [2.45, 2.75) is 6.92 Å². The van der Waals surface area contributed by atoms with E-state index in [0.717, 1.165) is 0 Å². The fourth-order valence-corrected chi connectivity index (χ4v) is 3.19. The van der Waals surface area contributed by atoms with Gasteiger partial charge in [0, 0.05) is 6.92 Å². The Bertz CT molecular complexity index is 964. The minimum atomic E-state index is 1.19. The number of rotatable bonds is 2. The van der Waals surface area contributed by atoms with Crippen LogP contribution in [-0.4, -0.2) is 4.57 Å². The molecule has 0 aliphatic carbocycles. The lowest BCUT2D eigenvalue weighted by Gasteiger charge is -2.04. The summed E-state index contributed by atoms with van der Waals surface area (Å²) in [6.07, 6.45) is 0. The number of para-hydroxylation sites is 2. The predicted octanol–water partition coefficient (Wildman–Crippen LogP) is 4.43. The van der Waals surface area contributed by atoms with Crippen LogP contribution < -0.4 is 4.57 Å². The minimum absolute atomic E-state index is 1.19.